The van der Waals surface area contributed by atoms with Gasteiger partial charge in [0.25, 0.3) is 0 Å². The Balaban J connectivity index is 0.00000245. The van der Waals surface area contributed by atoms with Gasteiger partial charge in [-0.15, -0.1) is 12.4 Å². The first-order chi connectivity index (χ1) is 14.7. The predicted octanol–water partition coefficient (Wildman–Crippen LogP) is 3.64. The summed E-state index contributed by atoms with van der Waals surface area (Å²) in [4.78, 5) is 19.2. The van der Waals surface area contributed by atoms with E-state index < -0.39 is 11.6 Å². The number of hydrogen-bond donors (Lipinski definition) is 2. The fraction of sp³-hybridized carbons (Fsp3) is 0.348. The van der Waals surface area contributed by atoms with Crippen LogP contribution in [0.4, 0.5) is 0 Å². The zero-order chi connectivity index (χ0) is 22.1. The Hall–Kier alpha value is -2.52. The fourth-order valence-electron chi connectivity index (χ4n) is 4.58. The highest BCUT2D eigenvalue weighted by molar-refractivity contribution is 7.71. The molecule has 0 bridgehead atoms. The van der Waals surface area contributed by atoms with Gasteiger partial charge in [-0.25, -0.2) is 9.78 Å². The van der Waals surface area contributed by atoms with Gasteiger partial charge < -0.3 is 24.4 Å². The lowest BCUT2D eigenvalue weighted by Gasteiger charge is -2.32. The van der Waals surface area contributed by atoms with Crippen molar-refractivity contribution < 1.29 is 19.7 Å². The maximum atomic E-state index is 12.3. The van der Waals surface area contributed by atoms with Gasteiger partial charge >= 0.3 is 5.97 Å². The van der Waals surface area contributed by atoms with E-state index in [1.54, 1.807) is 19.1 Å². The number of halogens is 1. The summed E-state index contributed by atoms with van der Waals surface area (Å²) in [5.74, 6) is -0.399. The van der Waals surface area contributed by atoms with Crippen LogP contribution in [0.5, 0.6) is 5.75 Å². The Kier molecular flexibility index (Phi) is 5.53. The van der Waals surface area contributed by atoms with Crippen molar-refractivity contribution in [1.82, 2.24) is 14.5 Å². The SMILES string of the molecule is CC[C@@]1(O)C(=O)OCc2c1cc1n(c2=S)Cc2cc3c(CN(C)C)c(O)ccc3nc2-1.Cl. The third-order valence-electron chi connectivity index (χ3n) is 6.25. The molecular weight excluding hydrogens is 450 g/mol. The maximum Gasteiger partial charge on any atom is 0.343 e. The Morgan fingerprint density at radius 1 is 1.31 bits per heavy atom. The summed E-state index contributed by atoms with van der Waals surface area (Å²) in [7, 11) is 3.91. The van der Waals surface area contributed by atoms with Crippen molar-refractivity contribution in [3.63, 3.8) is 0 Å². The molecule has 0 fully saturated rings. The normalized spacial score (nSPS) is 18.7. The first-order valence-corrected chi connectivity index (χ1v) is 10.6. The van der Waals surface area contributed by atoms with Crippen LogP contribution in [0.2, 0.25) is 0 Å². The smallest absolute Gasteiger partial charge is 0.343 e. The number of ether oxygens (including phenoxy) is 1. The number of phenolic OH excluding ortho intramolecular Hbond substituents is 1. The van der Waals surface area contributed by atoms with E-state index in [9.17, 15) is 15.0 Å². The number of aliphatic hydroxyl groups is 1. The Morgan fingerprint density at radius 2 is 2.06 bits per heavy atom. The van der Waals surface area contributed by atoms with Crippen LogP contribution in [-0.2, 0) is 34.8 Å². The highest BCUT2D eigenvalue weighted by atomic mass is 35.5. The average molecular weight is 474 g/mol. The van der Waals surface area contributed by atoms with Crippen LogP contribution < -0.4 is 0 Å². The van der Waals surface area contributed by atoms with Gasteiger partial charge in [-0.2, -0.15) is 0 Å². The van der Waals surface area contributed by atoms with Crippen molar-refractivity contribution >= 4 is 41.5 Å². The summed E-state index contributed by atoms with van der Waals surface area (Å²) in [5, 5.41) is 22.4. The number of cyclic esters (lactones) is 1. The molecule has 2 aliphatic rings. The summed E-state index contributed by atoms with van der Waals surface area (Å²) in [6, 6.07) is 7.37. The molecule has 0 radical (unpaired) electrons. The molecule has 2 N–H and O–H groups in total. The third kappa shape index (κ3) is 3.13. The van der Waals surface area contributed by atoms with Gasteiger partial charge in [0.05, 0.1) is 23.4 Å². The Bertz CT molecular complexity index is 1340. The maximum absolute atomic E-state index is 12.3. The molecule has 0 aliphatic carbocycles. The summed E-state index contributed by atoms with van der Waals surface area (Å²) >= 11 is 5.74. The van der Waals surface area contributed by atoms with Gasteiger partial charge in [0.15, 0.2) is 5.60 Å². The second-order valence-corrected chi connectivity index (χ2v) is 8.85. The Labute approximate surface area is 196 Å². The molecule has 32 heavy (non-hydrogen) atoms. The van der Waals surface area contributed by atoms with E-state index >= 15 is 0 Å². The molecule has 5 rings (SSSR count). The number of pyridine rings is 2. The van der Waals surface area contributed by atoms with Crippen LogP contribution in [0.1, 0.15) is 35.6 Å². The highest BCUT2D eigenvalue weighted by Gasteiger charge is 2.44. The van der Waals surface area contributed by atoms with E-state index in [4.69, 9.17) is 21.9 Å². The van der Waals surface area contributed by atoms with Crippen molar-refractivity contribution in [3.8, 4) is 17.1 Å². The van der Waals surface area contributed by atoms with Crippen molar-refractivity contribution in [2.45, 2.75) is 38.6 Å². The van der Waals surface area contributed by atoms with Crippen LogP contribution >= 0.6 is 24.6 Å². The lowest BCUT2D eigenvalue weighted by Crippen LogP contribution is -2.41. The molecule has 1 atom stereocenters. The molecule has 0 unspecified atom stereocenters. The number of aromatic nitrogens is 2. The third-order valence-corrected chi connectivity index (χ3v) is 6.72. The van der Waals surface area contributed by atoms with Crippen LogP contribution in [0.25, 0.3) is 22.3 Å². The van der Waals surface area contributed by atoms with Crippen molar-refractivity contribution in [2.24, 2.45) is 0 Å². The molecule has 3 aromatic rings. The fourth-order valence-corrected chi connectivity index (χ4v) is 4.91. The van der Waals surface area contributed by atoms with E-state index in [1.165, 1.54) is 0 Å². The van der Waals surface area contributed by atoms with Gasteiger partial charge in [0.1, 0.15) is 17.0 Å². The van der Waals surface area contributed by atoms with Crippen molar-refractivity contribution in [2.75, 3.05) is 14.1 Å². The van der Waals surface area contributed by atoms with Gasteiger partial charge in [0.2, 0.25) is 0 Å². The van der Waals surface area contributed by atoms with Gasteiger partial charge in [0, 0.05) is 34.2 Å². The molecular formula is C23H24ClN3O4S. The summed E-state index contributed by atoms with van der Waals surface area (Å²) < 4.78 is 7.76. The Morgan fingerprint density at radius 3 is 2.75 bits per heavy atom. The van der Waals surface area contributed by atoms with Crippen molar-refractivity contribution in [1.29, 1.82) is 0 Å². The standard InChI is InChI=1S/C23H23N3O4S.ClH/c1-4-23(29)16-8-18-20-12(9-26(18)21(31)15(16)11-30-22(23)28)7-13-14(10-25(2)3)19(27)6-5-17(13)24-20;/h5-8,27,29H,4,9-11H2,1-3H3;1H/t23-;/m0./s1. The molecule has 2 aliphatic heterocycles. The van der Waals surface area contributed by atoms with Gasteiger partial charge in [-0.05, 0) is 44.8 Å². The molecule has 4 heterocycles. The molecule has 7 nitrogen and oxygen atoms in total. The average Bonchev–Trinajstić information content (AvgIpc) is 3.10. The van der Waals surface area contributed by atoms with E-state index in [1.807, 2.05) is 29.6 Å². The lowest BCUT2D eigenvalue weighted by molar-refractivity contribution is -0.172. The second-order valence-electron chi connectivity index (χ2n) is 8.47. The van der Waals surface area contributed by atoms with Crippen LogP contribution in [0, 0.1) is 4.64 Å². The minimum atomic E-state index is -1.71. The minimum absolute atomic E-state index is 0. The number of carbonyl (C=O) groups is 1. The number of phenols is 1. The van der Waals surface area contributed by atoms with E-state index in [2.05, 4.69) is 6.07 Å². The number of aromatic hydroxyl groups is 1. The van der Waals surface area contributed by atoms with Crippen LogP contribution in [0.3, 0.4) is 0 Å². The van der Waals surface area contributed by atoms with Gasteiger partial charge in [-0.3, -0.25) is 0 Å². The topological polar surface area (TPSA) is 87.8 Å². The van der Waals surface area contributed by atoms with Gasteiger partial charge in [-0.1, -0.05) is 19.1 Å². The molecule has 9 heteroatoms. The van der Waals surface area contributed by atoms with E-state index in [-0.39, 0.29) is 31.2 Å². The molecule has 168 valence electrons. The number of rotatable bonds is 3. The number of esters is 1. The zero-order valence-electron chi connectivity index (χ0n) is 18.0. The largest absolute Gasteiger partial charge is 0.508 e. The number of benzene rings is 1. The first-order valence-electron chi connectivity index (χ1n) is 10.2. The highest BCUT2D eigenvalue weighted by Crippen LogP contribution is 2.41. The van der Waals surface area contributed by atoms with Crippen LogP contribution in [0.15, 0.2) is 24.3 Å². The summed E-state index contributed by atoms with van der Waals surface area (Å²) in [6.07, 6.45) is 0.197. The molecule has 0 spiro atoms. The molecule has 1 aromatic carbocycles. The predicted molar refractivity (Wildman–Crippen MR) is 125 cm³/mol. The monoisotopic (exact) mass is 473 g/mol. The summed E-state index contributed by atoms with van der Waals surface area (Å²) in [5.41, 5.74) is 3.62. The molecule has 2 aromatic heterocycles. The zero-order valence-corrected chi connectivity index (χ0v) is 19.6. The molecule has 0 saturated carbocycles. The molecule has 0 amide bonds. The van der Waals surface area contributed by atoms with E-state index in [0.717, 1.165) is 33.4 Å². The quantitative estimate of drug-likeness (QED) is 0.347. The first kappa shape index (κ1) is 22.7. The lowest BCUT2D eigenvalue weighted by atomic mass is 9.86. The molecule has 0 saturated heterocycles. The van der Waals surface area contributed by atoms with Crippen LogP contribution in [-0.4, -0.2) is 44.7 Å². The summed E-state index contributed by atoms with van der Waals surface area (Å²) in [6.45, 7) is 2.93. The number of nitrogens with zero attached hydrogens (tertiary/aromatic N) is 3. The number of fused-ring (bicyclic) bond motifs is 5. The van der Waals surface area contributed by atoms with E-state index in [0.29, 0.717) is 28.9 Å². The second kappa shape index (κ2) is 7.81. The minimum Gasteiger partial charge on any atom is -0.508 e. The van der Waals surface area contributed by atoms with Crippen molar-refractivity contribution in [3.05, 3.63) is 51.2 Å². The number of hydrogen-bond acceptors (Lipinski definition) is 7. The number of carbonyl (C=O) groups excluding carboxylic acids is 1.